The number of sulfonamides is 1. The number of piperidine rings is 1. The third-order valence-electron chi connectivity index (χ3n) is 6.54. The Morgan fingerprint density at radius 2 is 1.77 bits per heavy atom. The molecular weight excluding hydrogens is 466 g/mol. The number of quaternary nitrogens is 1. The number of likely N-dealkylation sites (tertiary alicyclic amines) is 1. The van der Waals surface area contributed by atoms with E-state index in [1.807, 2.05) is 12.1 Å². The van der Waals surface area contributed by atoms with Crippen molar-refractivity contribution in [2.45, 2.75) is 30.2 Å². The summed E-state index contributed by atoms with van der Waals surface area (Å²) < 4.78 is 38.5. The highest BCUT2D eigenvalue weighted by Crippen LogP contribution is 2.30. The average molecular weight is 499 g/mol. The van der Waals surface area contributed by atoms with Crippen LogP contribution in [0.4, 0.5) is 5.69 Å². The van der Waals surface area contributed by atoms with Crippen LogP contribution in [0.25, 0.3) is 0 Å². The second-order valence-electron chi connectivity index (χ2n) is 8.67. The van der Waals surface area contributed by atoms with Crippen molar-refractivity contribution in [2.75, 3.05) is 38.1 Å². The van der Waals surface area contributed by atoms with E-state index in [0.717, 1.165) is 18.8 Å². The summed E-state index contributed by atoms with van der Waals surface area (Å²) >= 11 is 0. The lowest BCUT2D eigenvalue weighted by Crippen LogP contribution is -3.13. The van der Waals surface area contributed by atoms with E-state index in [4.69, 9.17) is 9.15 Å². The Balaban J connectivity index is 1.45. The molecule has 0 spiro atoms. The monoisotopic (exact) mass is 498 g/mol. The largest absolute Gasteiger partial charge is 0.495 e. The van der Waals surface area contributed by atoms with E-state index < -0.39 is 10.0 Å². The van der Waals surface area contributed by atoms with E-state index in [-0.39, 0.29) is 16.8 Å². The quantitative estimate of drug-likeness (QED) is 0.473. The molecular formula is C26H32N3O5S+. The number of nitrogens with one attached hydrogen (secondary N) is 2. The van der Waals surface area contributed by atoms with Crippen LogP contribution >= 0.6 is 0 Å². The van der Waals surface area contributed by atoms with Crippen molar-refractivity contribution >= 4 is 21.6 Å². The van der Waals surface area contributed by atoms with Gasteiger partial charge >= 0.3 is 0 Å². The predicted molar refractivity (Wildman–Crippen MR) is 133 cm³/mol. The van der Waals surface area contributed by atoms with Crippen molar-refractivity contribution in [3.8, 4) is 5.75 Å². The van der Waals surface area contributed by atoms with Gasteiger partial charge in [0, 0.05) is 12.6 Å². The molecule has 1 atom stereocenters. The van der Waals surface area contributed by atoms with Crippen LogP contribution in [0.15, 0.2) is 76.2 Å². The molecule has 1 aliphatic heterocycles. The molecule has 0 aliphatic carbocycles. The van der Waals surface area contributed by atoms with Crippen molar-refractivity contribution in [2.24, 2.45) is 0 Å². The fourth-order valence-electron chi connectivity index (χ4n) is 4.54. The molecule has 186 valence electrons. The van der Waals surface area contributed by atoms with Gasteiger partial charge in [-0.1, -0.05) is 12.1 Å². The van der Waals surface area contributed by atoms with Crippen molar-refractivity contribution in [1.82, 2.24) is 5.32 Å². The summed E-state index contributed by atoms with van der Waals surface area (Å²) in [5.41, 5.74) is 0.830. The first-order valence-corrected chi connectivity index (χ1v) is 13.2. The maximum atomic E-state index is 13.2. The van der Waals surface area contributed by atoms with Gasteiger partial charge in [0.1, 0.15) is 5.75 Å². The first-order chi connectivity index (χ1) is 16.9. The molecule has 1 fully saturated rings. The van der Waals surface area contributed by atoms with Gasteiger partial charge in [-0.2, -0.15) is 0 Å². The second-order valence-corrected chi connectivity index (χ2v) is 10.6. The lowest BCUT2D eigenvalue weighted by Gasteiger charge is -2.30. The van der Waals surface area contributed by atoms with Crippen LogP contribution < -0.4 is 19.3 Å². The SMILES string of the molecule is COc1ccccc1N(C)S(=O)(=O)c1ccc(C(=O)NC[C@H](c2ccco2)[NH+]2CCCCC2)cc1. The summed E-state index contributed by atoms with van der Waals surface area (Å²) in [6.45, 7) is 2.54. The Morgan fingerprint density at radius 3 is 2.43 bits per heavy atom. The summed E-state index contributed by atoms with van der Waals surface area (Å²) in [5.74, 6) is 1.07. The van der Waals surface area contributed by atoms with Gasteiger partial charge in [0.15, 0.2) is 11.8 Å². The number of para-hydroxylation sites is 2. The molecule has 2 heterocycles. The number of hydrogen-bond donors (Lipinski definition) is 2. The van der Waals surface area contributed by atoms with Gasteiger partial charge in [0.05, 0.1) is 43.6 Å². The normalized spacial score (nSPS) is 15.4. The zero-order valence-corrected chi connectivity index (χ0v) is 20.9. The number of rotatable bonds is 9. The van der Waals surface area contributed by atoms with Gasteiger partial charge < -0.3 is 19.4 Å². The molecule has 4 rings (SSSR count). The summed E-state index contributed by atoms with van der Waals surface area (Å²) in [4.78, 5) is 14.4. The van der Waals surface area contributed by atoms with Crippen molar-refractivity contribution in [3.05, 3.63) is 78.3 Å². The highest BCUT2D eigenvalue weighted by molar-refractivity contribution is 7.92. The molecule has 3 aromatic rings. The number of amides is 1. The van der Waals surface area contributed by atoms with Crippen LogP contribution in [0.3, 0.4) is 0 Å². The maximum Gasteiger partial charge on any atom is 0.264 e. The predicted octanol–water partition coefficient (Wildman–Crippen LogP) is 2.65. The summed E-state index contributed by atoms with van der Waals surface area (Å²) in [5, 5.41) is 3.01. The van der Waals surface area contributed by atoms with Crippen LogP contribution in [0.1, 0.15) is 41.4 Å². The number of nitrogens with zero attached hydrogens (tertiary/aromatic N) is 1. The van der Waals surface area contributed by atoms with Crippen molar-refractivity contribution in [3.63, 3.8) is 0 Å². The van der Waals surface area contributed by atoms with Crippen molar-refractivity contribution in [1.29, 1.82) is 0 Å². The van der Waals surface area contributed by atoms with Gasteiger partial charge in [0.2, 0.25) is 0 Å². The molecule has 9 heteroatoms. The van der Waals surface area contributed by atoms with Crippen LogP contribution in [-0.4, -0.2) is 48.1 Å². The number of furan rings is 1. The molecule has 0 radical (unpaired) electrons. The molecule has 2 N–H and O–H groups in total. The highest BCUT2D eigenvalue weighted by Gasteiger charge is 2.29. The Labute approximate surface area is 206 Å². The first kappa shape index (κ1) is 24.8. The third kappa shape index (κ3) is 5.52. The average Bonchev–Trinajstić information content (AvgIpc) is 3.43. The molecule has 35 heavy (non-hydrogen) atoms. The topological polar surface area (TPSA) is 93.3 Å². The molecule has 0 bridgehead atoms. The fourth-order valence-corrected chi connectivity index (χ4v) is 5.75. The summed E-state index contributed by atoms with van der Waals surface area (Å²) in [7, 11) is -0.857. The number of carbonyl (C=O) groups is 1. The second kappa shape index (κ2) is 11.0. The standard InChI is InChI=1S/C26H31N3O5S/c1-28(22-9-4-5-10-24(22)33-2)35(31,32)21-14-12-20(13-15-21)26(30)27-19-23(25-11-8-18-34-25)29-16-6-3-7-17-29/h4-5,8-15,18,23H,3,6-7,16-17,19H2,1-2H3,(H,27,30)/p+1/t23-/m1/s1. The van der Waals surface area contributed by atoms with Gasteiger partial charge in [-0.15, -0.1) is 0 Å². The number of methoxy groups -OCH3 is 1. The number of ether oxygens (including phenoxy) is 1. The van der Waals surface area contributed by atoms with E-state index in [2.05, 4.69) is 5.32 Å². The van der Waals surface area contributed by atoms with Crippen LogP contribution in [0.2, 0.25) is 0 Å². The van der Waals surface area contributed by atoms with E-state index >= 15 is 0 Å². The molecule has 8 nitrogen and oxygen atoms in total. The van der Waals surface area contributed by atoms with Crippen LogP contribution in [-0.2, 0) is 10.0 Å². The van der Waals surface area contributed by atoms with Gasteiger partial charge in [0.25, 0.3) is 15.9 Å². The minimum atomic E-state index is -3.83. The van der Waals surface area contributed by atoms with Crippen molar-refractivity contribution < 1.29 is 27.3 Å². The van der Waals surface area contributed by atoms with E-state index in [9.17, 15) is 13.2 Å². The Hall–Kier alpha value is -3.30. The minimum Gasteiger partial charge on any atom is -0.495 e. The molecule has 1 aromatic heterocycles. The molecule has 2 aromatic carbocycles. The fraction of sp³-hybridized carbons (Fsp3) is 0.346. The molecule has 0 unspecified atom stereocenters. The first-order valence-electron chi connectivity index (χ1n) is 11.8. The Morgan fingerprint density at radius 1 is 1.06 bits per heavy atom. The molecule has 0 saturated carbocycles. The molecule has 1 amide bonds. The molecule has 1 saturated heterocycles. The van der Waals surface area contributed by atoms with E-state index in [0.29, 0.717) is 23.5 Å². The maximum absolute atomic E-state index is 13.2. The van der Waals surface area contributed by atoms with E-state index in [1.165, 1.54) is 66.9 Å². The molecule has 1 aliphatic rings. The lowest BCUT2D eigenvalue weighted by atomic mass is 10.1. The number of anilines is 1. The number of carbonyl (C=O) groups excluding carboxylic acids is 1. The third-order valence-corrected chi connectivity index (χ3v) is 8.33. The Bertz CT molecular complexity index is 1220. The highest BCUT2D eigenvalue weighted by atomic mass is 32.2. The van der Waals surface area contributed by atoms with Crippen LogP contribution in [0.5, 0.6) is 5.75 Å². The van der Waals surface area contributed by atoms with Crippen LogP contribution in [0, 0.1) is 0 Å². The summed E-state index contributed by atoms with van der Waals surface area (Å²) in [6.07, 6.45) is 5.23. The lowest BCUT2D eigenvalue weighted by molar-refractivity contribution is -0.936. The van der Waals surface area contributed by atoms with Gasteiger partial charge in [-0.05, 0) is 67.8 Å². The Kier molecular flexibility index (Phi) is 7.77. The number of benzene rings is 2. The zero-order valence-electron chi connectivity index (χ0n) is 20.1. The minimum absolute atomic E-state index is 0.0448. The van der Waals surface area contributed by atoms with E-state index in [1.54, 1.807) is 30.5 Å². The van der Waals surface area contributed by atoms with Gasteiger partial charge in [-0.3, -0.25) is 9.10 Å². The number of hydrogen-bond acceptors (Lipinski definition) is 5. The smallest absolute Gasteiger partial charge is 0.264 e. The van der Waals surface area contributed by atoms with Gasteiger partial charge in [-0.25, -0.2) is 8.42 Å². The summed E-state index contributed by atoms with van der Waals surface area (Å²) in [6, 6.07) is 16.8. The zero-order chi connectivity index (χ0) is 24.8.